The SMILES string of the molecule is CC[C@H](CO)N1CCN(C(=O)N(CC)CC)CC1. The number of rotatable bonds is 5. The molecule has 0 aromatic heterocycles. The van der Waals surface area contributed by atoms with Gasteiger partial charge in [-0.1, -0.05) is 6.92 Å². The van der Waals surface area contributed by atoms with Crippen molar-refractivity contribution in [1.82, 2.24) is 14.7 Å². The van der Waals surface area contributed by atoms with Crippen LogP contribution in [0.25, 0.3) is 0 Å². The Morgan fingerprint density at radius 2 is 1.72 bits per heavy atom. The van der Waals surface area contributed by atoms with E-state index in [0.717, 1.165) is 45.7 Å². The number of hydrogen-bond acceptors (Lipinski definition) is 3. The lowest BCUT2D eigenvalue weighted by atomic mass is 10.2. The quantitative estimate of drug-likeness (QED) is 0.794. The summed E-state index contributed by atoms with van der Waals surface area (Å²) in [5.41, 5.74) is 0. The van der Waals surface area contributed by atoms with Crippen LogP contribution in [0.1, 0.15) is 27.2 Å². The molecule has 0 spiro atoms. The van der Waals surface area contributed by atoms with E-state index in [1.165, 1.54) is 0 Å². The third-order valence-electron chi connectivity index (χ3n) is 3.82. The number of hydrogen-bond donors (Lipinski definition) is 1. The molecule has 1 atom stereocenters. The average Bonchev–Trinajstić information content (AvgIpc) is 2.42. The second-order valence-corrected chi connectivity index (χ2v) is 4.72. The van der Waals surface area contributed by atoms with E-state index in [4.69, 9.17) is 0 Å². The Labute approximate surface area is 110 Å². The van der Waals surface area contributed by atoms with Crippen LogP contribution >= 0.6 is 0 Å². The highest BCUT2D eigenvalue weighted by molar-refractivity contribution is 5.74. The normalized spacial score (nSPS) is 18.8. The van der Waals surface area contributed by atoms with Crippen LogP contribution in [0.4, 0.5) is 4.79 Å². The highest BCUT2D eigenvalue weighted by Crippen LogP contribution is 2.10. The van der Waals surface area contributed by atoms with Crippen LogP contribution in [0.2, 0.25) is 0 Å². The first-order valence-electron chi connectivity index (χ1n) is 7.06. The van der Waals surface area contributed by atoms with Crippen LogP contribution in [0.3, 0.4) is 0 Å². The van der Waals surface area contributed by atoms with Gasteiger partial charge >= 0.3 is 6.03 Å². The Kier molecular flexibility index (Phi) is 6.43. The van der Waals surface area contributed by atoms with Crippen LogP contribution in [0.15, 0.2) is 0 Å². The van der Waals surface area contributed by atoms with E-state index in [1.54, 1.807) is 0 Å². The molecule has 1 rings (SSSR count). The van der Waals surface area contributed by atoms with Gasteiger partial charge in [0, 0.05) is 45.3 Å². The van der Waals surface area contributed by atoms with Crippen LogP contribution in [0.5, 0.6) is 0 Å². The van der Waals surface area contributed by atoms with Gasteiger partial charge in [-0.25, -0.2) is 4.79 Å². The molecular formula is C13H27N3O2. The summed E-state index contributed by atoms with van der Waals surface area (Å²) in [6.07, 6.45) is 0.959. The zero-order valence-electron chi connectivity index (χ0n) is 11.9. The molecule has 1 aliphatic heterocycles. The number of aliphatic hydroxyl groups is 1. The minimum absolute atomic E-state index is 0.150. The number of carbonyl (C=O) groups excluding carboxylic acids is 1. The number of aliphatic hydroxyl groups excluding tert-OH is 1. The molecule has 0 bridgehead atoms. The highest BCUT2D eigenvalue weighted by atomic mass is 16.3. The first-order valence-corrected chi connectivity index (χ1v) is 7.06. The third-order valence-corrected chi connectivity index (χ3v) is 3.82. The average molecular weight is 257 g/mol. The van der Waals surface area contributed by atoms with Crippen molar-refractivity contribution in [2.75, 3.05) is 45.9 Å². The Morgan fingerprint density at radius 1 is 1.17 bits per heavy atom. The fraction of sp³-hybridized carbons (Fsp3) is 0.923. The maximum absolute atomic E-state index is 12.2. The summed E-state index contributed by atoms with van der Waals surface area (Å²) in [7, 11) is 0. The fourth-order valence-corrected chi connectivity index (χ4v) is 2.48. The predicted molar refractivity (Wildman–Crippen MR) is 72.6 cm³/mol. The summed E-state index contributed by atoms with van der Waals surface area (Å²) >= 11 is 0. The molecule has 0 unspecified atom stereocenters. The summed E-state index contributed by atoms with van der Waals surface area (Å²) < 4.78 is 0. The van der Waals surface area contributed by atoms with E-state index < -0.39 is 0 Å². The predicted octanol–water partition coefficient (Wildman–Crippen LogP) is 0.837. The Morgan fingerprint density at radius 3 is 2.11 bits per heavy atom. The Balaban J connectivity index is 2.45. The van der Waals surface area contributed by atoms with Gasteiger partial charge in [-0.15, -0.1) is 0 Å². The van der Waals surface area contributed by atoms with Gasteiger partial charge < -0.3 is 14.9 Å². The Bertz CT molecular complexity index is 245. The van der Waals surface area contributed by atoms with Crippen molar-refractivity contribution in [3.8, 4) is 0 Å². The molecule has 0 aliphatic carbocycles. The van der Waals surface area contributed by atoms with Gasteiger partial charge in [0.2, 0.25) is 0 Å². The van der Waals surface area contributed by atoms with E-state index in [1.807, 2.05) is 23.6 Å². The van der Waals surface area contributed by atoms with Gasteiger partial charge in [0.1, 0.15) is 0 Å². The van der Waals surface area contributed by atoms with Gasteiger partial charge in [-0.3, -0.25) is 4.90 Å². The van der Waals surface area contributed by atoms with Crippen molar-refractivity contribution in [3.05, 3.63) is 0 Å². The fourth-order valence-electron chi connectivity index (χ4n) is 2.48. The van der Waals surface area contributed by atoms with Crippen LogP contribution < -0.4 is 0 Å². The molecule has 106 valence electrons. The number of piperazine rings is 1. The highest BCUT2D eigenvalue weighted by Gasteiger charge is 2.26. The maximum atomic E-state index is 12.2. The second-order valence-electron chi connectivity index (χ2n) is 4.72. The molecule has 1 aliphatic rings. The first-order chi connectivity index (χ1) is 8.67. The second kappa shape index (κ2) is 7.59. The summed E-state index contributed by atoms with van der Waals surface area (Å²) in [6.45, 7) is 11.1. The van der Waals surface area contributed by atoms with Crippen molar-refractivity contribution in [3.63, 3.8) is 0 Å². The van der Waals surface area contributed by atoms with Gasteiger partial charge in [0.05, 0.1) is 6.61 Å². The number of nitrogens with zero attached hydrogens (tertiary/aromatic N) is 3. The molecule has 1 heterocycles. The lowest BCUT2D eigenvalue weighted by Gasteiger charge is -2.40. The Hall–Kier alpha value is -0.810. The van der Waals surface area contributed by atoms with Crippen LogP contribution in [0, 0.1) is 0 Å². The standard InChI is InChI=1S/C13H27N3O2/c1-4-12(11-17)15-7-9-16(10-8-15)13(18)14(5-2)6-3/h12,17H,4-11H2,1-3H3/t12-/m1/s1. The van der Waals surface area contributed by atoms with E-state index in [2.05, 4.69) is 11.8 Å². The smallest absolute Gasteiger partial charge is 0.320 e. The summed E-state index contributed by atoms with van der Waals surface area (Å²) in [5.74, 6) is 0. The molecule has 0 saturated carbocycles. The molecule has 2 amide bonds. The van der Waals surface area contributed by atoms with Crippen molar-refractivity contribution >= 4 is 6.03 Å². The molecule has 1 saturated heterocycles. The zero-order chi connectivity index (χ0) is 13.5. The summed E-state index contributed by atoms with van der Waals surface area (Å²) in [4.78, 5) is 18.2. The largest absolute Gasteiger partial charge is 0.395 e. The topological polar surface area (TPSA) is 47.0 Å². The maximum Gasteiger partial charge on any atom is 0.320 e. The number of urea groups is 1. The molecule has 0 aromatic rings. The minimum atomic E-state index is 0.150. The van der Waals surface area contributed by atoms with Crippen LogP contribution in [-0.4, -0.2) is 77.8 Å². The van der Waals surface area contributed by atoms with E-state index in [9.17, 15) is 9.90 Å². The molecule has 5 heteroatoms. The lowest BCUT2D eigenvalue weighted by Crippen LogP contribution is -2.55. The molecule has 5 nitrogen and oxygen atoms in total. The van der Waals surface area contributed by atoms with Crippen molar-refractivity contribution < 1.29 is 9.90 Å². The molecule has 18 heavy (non-hydrogen) atoms. The van der Waals surface area contributed by atoms with Crippen molar-refractivity contribution in [2.24, 2.45) is 0 Å². The molecule has 0 radical (unpaired) electrons. The summed E-state index contributed by atoms with van der Waals surface area (Å²) in [6, 6.07) is 0.396. The van der Waals surface area contributed by atoms with Crippen LogP contribution in [-0.2, 0) is 0 Å². The molecule has 1 N–H and O–H groups in total. The van der Waals surface area contributed by atoms with Crippen molar-refractivity contribution in [1.29, 1.82) is 0 Å². The minimum Gasteiger partial charge on any atom is -0.395 e. The zero-order valence-corrected chi connectivity index (χ0v) is 11.9. The monoisotopic (exact) mass is 257 g/mol. The number of amides is 2. The first kappa shape index (κ1) is 15.2. The molecule has 0 aromatic carbocycles. The molecule has 1 fully saturated rings. The van der Waals surface area contributed by atoms with Gasteiger partial charge in [-0.2, -0.15) is 0 Å². The van der Waals surface area contributed by atoms with E-state index in [0.29, 0.717) is 0 Å². The molecular weight excluding hydrogens is 230 g/mol. The lowest BCUT2D eigenvalue weighted by molar-refractivity contribution is 0.0660. The number of carbonyl (C=O) groups is 1. The van der Waals surface area contributed by atoms with Gasteiger partial charge in [0.15, 0.2) is 0 Å². The summed E-state index contributed by atoms with van der Waals surface area (Å²) in [5, 5.41) is 9.29. The van der Waals surface area contributed by atoms with Crippen molar-refractivity contribution in [2.45, 2.75) is 33.2 Å². The van der Waals surface area contributed by atoms with Gasteiger partial charge in [-0.05, 0) is 20.3 Å². The third kappa shape index (κ3) is 3.59. The van der Waals surface area contributed by atoms with E-state index >= 15 is 0 Å². The van der Waals surface area contributed by atoms with Gasteiger partial charge in [0.25, 0.3) is 0 Å². The van der Waals surface area contributed by atoms with E-state index in [-0.39, 0.29) is 18.7 Å².